The molecule has 6 nitrogen and oxygen atoms in total. The van der Waals surface area contributed by atoms with Crippen molar-refractivity contribution >= 4 is 23.4 Å². The number of rotatable bonds is 4. The maximum Gasteiger partial charge on any atom is 0.193 e. The Morgan fingerprint density at radius 2 is 1.85 bits per heavy atom. The van der Waals surface area contributed by atoms with Gasteiger partial charge in [0.05, 0.1) is 19.8 Å². The molecule has 148 valence electrons. The van der Waals surface area contributed by atoms with E-state index in [1.54, 1.807) is 0 Å². The van der Waals surface area contributed by atoms with Gasteiger partial charge in [0.1, 0.15) is 0 Å². The van der Waals surface area contributed by atoms with Gasteiger partial charge in [-0.25, -0.2) is 0 Å². The van der Waals surface area contributed by atoms with Crippen molar-refractivity contribution in [1.29, 1.82) is 0 Å². The smallest absolute Gasteiger partial charge is 0.193 e. The predicted molar refractivity (Wildman–Crippen MR) is 112 cm³/mol. The second-order valence-electron chi connectivity index (χ2n) is 7.57. The Kier molecular flexibility index (Phi) is 5.98. The highest BCUT2D eigenvalue weighted by Gasteiger charge is 2.39. The molecule has 0 aromatic heterocycles. The molecule has 0 spiro atoms. The lowest BCUT2D eigenvalue weighted by Crippen LogP contribution is -2.52. The summed E-state index contributed by atoms with van der Waals surface area (Å²) in [6.07, 6.45) is 5.97. The standard InChI is InChI=1S/C20H30N4O2S/c21-19(23-16-4-5-17-18(14-16)26-11-3-10-25-17)22-15-20(6-1-2-7-20)24-8-12-27-13-9-24/h4-5,14H,1-3,6-13,15H2,(H3,21,22,23). The quantitative estimate of drug-likeness (QED) is 0.608. The fraction of sp³-hybridized carbons (Fsp3) is 0.650. The Balaban J connectivity index is 1.42. The fourth-order valence-electron chi connectivity index (χ4n) is 4.31. The van der Waals surface area contributed by atoms with Gasteiger partial charge in [-0.1, -0.05) is 12.8 Å². The van der Waals surface area contributed by atoms with Gasteiger partial charge in [0.2, 0.25) is 0 Å². The monoisotopic (exact) mass is 390 g/mol. The number of aliphatic imine (C=N–C) groups is 1. The highest BCUT2D eigenvalue weighted by molar-refractivity contribution is 7.99. The molecule has 2 fully saturated rings. The molecule has 1 saturated carbocycles. The van der Waals surface area contributed by atoms with Crippen LogP contribution < -0.4 is 20.5 Å². The summed E-state index contributed by atoms with van der Waals surface area (Å²) in [6.45, 7) is 4.50. The van der Waals surface area contributed by atoms with E-state index in [-0.39, 0.29) is 5.54 Å². The average Bonchev–Trinajstić information content (AvgIpc) is 3.07. The zero-order valence-electron chi connectivity index (χ0n) is 15.9. The molecule has 7 heteroatoms. The fourth-order valence-corrected chi connectivity index (χ4v) is 5.21. The second kappa shape index (κ2) is 8.61. The minimum absolute atomic E-state index is 0.206. The van der Waals surface area contributed by atoms with Gasteiger partial charge in [-0.15, -0.1) is 0 Å². The van der Waals surface area contributed by atoms with E-state index in [2.05, 4.69) is 22.0 Å². The number of thioether (sulfide) groups is 1. The number of nitrogens with zero attached hydrogens (tertiary/aromatic N) is 2. The molecule has 1 aromatic carbocycles. The van der Waals surface area contributed by atoms with E-state index in [1.165, 1.54) is 50.3 Å². The molecule has 2 aliphatic heterocycles. The Labute approximate surface area is 165 Å². The molecule has 27 heavy (non-hydrogen) atoms. The van der Waals surface area contributed by atoms with Crippen LogP contribution in [0, 0.1) is 0 Å². The molecule has 3 aliphatic rings. The van der Waals surface area contributed by atoms with E-state index in [4.69, 9.17) is 20.2 Å². The summed E-state index contributed by atoms with van der Waals surface area (Å²) < 4.78 is 11.4. The van der Waals surface area contributed by atoms with E-state index in [0.717, 1.165) is 30.2 Å². The van der Waals surface area contributed by atoms with E-state index in [9.17, 15) is 0 Å². The van der Waals surface area contributed by atoms with Gasteiger partial charge in [-0.3, -0.25) is 9.89 Å². The van der Waals surface area contributed by atoms with Crippen molar-refractivity contribution in [3.05, 3.63) is 18.2 Å². The topological polar surface area (TPSA) is 72.1 Å². The number of guanidine groups is 1. The molecule has 0 unspecified atom stereocenters. The van der Waals surface area contributed by atoms with Crippen LogP contribution in [0.2, 0.25) is 0 Å². The molecule has 0 radical (unpaired) electrons. The van der Waals surface area contributed by atoms with Crippen molar-refractivity contribution in [3.63, 3.8) is 0 Å². The third-order valence-electron chi connectivity index (χ3n) is 5.78. The largest absolute Gasteiger partial charge is 0.490 e. The molecule has 1 aliphatic carbocycles. The normalized spacial score (nSPS) is 23.0. The number of benzene rings is 1. The van der Waals surface area contributed by atoms with Crippen LogP contribution in [0.1, 0.15) is 32.1 Å². The summed E-state index contributed by atoms with van der Waals surface area (Å²) >= 11 is 2.06. The van der Waals surface area contributed by atoms with Crippen molar-refractivity contribution in [2.24, 2.45) is 10.7 Å². The van der Waals surface area contributed by atoms with Gasteiger partial charge in [0.15, 0.2) is 17.5 Å². The van der Waals surface area contributed by atoms with Crippen LogP contribution in [0.5, 0.6) is 11.5 Å². The molecule has 1 saturated heterocycles. The van der Waals surface area contributed by atoms with Gasteiger partial charge >= 0.3 is 0 Å². The Morgan fingerprint density at radius 1 is 1.11 bits per heavy atom. The van der Waals surface area contributed by atoms with Gasteiger partial charge in [0, 0.05) is 48.3 Å². The second-order valence-corrected chi connectivity index (χ2v) is 8.79. The summed E-state index contributed by atoms with van der Waals surface area (Å²) in [7, 11) is 0. The molecular weight excluding hydrogens is 360 g/mol. The van der Waals surface area contributed by atoms with E-state index in [0.29, 0.717) is 19.2 Å². The number of nitrogens with two attached hydrogens (primary N) is 1. The van der Waals surface area contributed by atoms with Crippen LogP contribution in [-0.4, -0.2) is 60.8 Å². The lowest BCUT2D eigenvalue weighted by Gasteiger charge is -2.42. The average molecular weight is 391 g/mol. The van der Waals surface area contributed by atoms with Crippen molar-refractivity contribution in [2.45, 2.75) is 37.6 Å². The van der Waals surface area contributed by atoms with E-state index in [1.807, 2.05) is 18.2 Å². The van der Waals surface area contributed by atoms with Crippen LogP contribution in [0.25, 0.3) is 0 Å². The van der Waals surface area contributed by atoms with Crippen molar-refractivity contribution < 1.29 is 9.47 Å². The first-order valence-corrected chi connectivity index (χ1v) is 11.2. The first-order valence-electron chi connectivity index (χ1n) is 10.0. The van der Waals surface area contributed by atoms with Gasteiger partial charge in [-0.2, -0.15) is 11.8 Å². The molecule has 4 rings (SSSR count). The summed E-state index contributed by atoms with van der Waals surface area (Å²) in [5.74, 6) is 4.50. The number of ether oxygens (including phenoxy) is 2. The summed E-state index contributed by atoms with van der Waals surface area (Å²) in [5.41, 5.74) is 7.31. The highest BCUT2D eigenvalue weighted by Crippen LogP contribution is 2.37. The maximum absolute atomic E-state index is 6.22. The zero-order valence-corrected chi connectivity index (χ0v) is 16.7. The molecule has 3 N–H and O–H groups in total. The predicted octanol–water partition coefficient (Wildman–Crippen LogP) is 2.94. The maximum atomic E-state index is 6.22. The number of fused-ring (bicyclic) bond motifs is 1. The molecule has 0 amide bonds. The third kappa shape index (κ3) is 4.46. The number of anilines is 1. The van der Waals surface area contributed by atoms with Crippen molar-refractivity contribution in [3.8, 4) is 11.5 Å². The van der Waals surface area contributed by atoms with Crippen LogP contribution in [0.3, 0.4) is 0 Å². The van der Waals surface area contributed by atoms with Gasteiger partial charge in [-0.05, 0) is 25.0 Å². The number of hydrogen-bond acceptors (Lipinski definition) is 5. The van der Waals surface area contributed by atoms with E-state index >= 15 is 0 Å². The molecule has 1 aromatic rings. The highest BCUT2D eigenvalue weighted by atomic mass is 32.2. The minimum atomic E-state index is 0.206. The van der Waals surface area contributed by atoms with Gasteiger partial charge < -0.3 is 20.5 Å². The summed E-state index contributed by atoms with van der Waals surface area (Å²) in [4.78, 5) is 7.41. The molecule has 0 atom stereocenters. The Bertz CT molecular complexity index is 670. The lowest BCUT2D eigenvalue weighted by atomic mass is 9.95. The first kappa shape index (κ1) is 18.7. The van der Waals surface area contributed by atoms with Crippen LogP contribution in [-0.2, 0) is 0 Å². The van der Waals surface area contributed by atoms with Crippen molar-refractivity contribution in [2.75, 3.05) is 49.7 Å². The Morgan fingerprint density at radius 3 is 2.63 bits per heavy atom. The van der Waals surface area contributed by atoms with Gasteiger partial charge in [0.25, 0.3) is 0 Å². The Hall–Kier alpha value is -1.60. The summed E-state index contributed by atoms with van der Waals surface area (Å²) in [6, 6.07) is 5.83. The molecule has 0 bridgehead atoms. The summed E-state index contributed by atoms with van der Waals surface area (Å²) in [5, 5.41) is 3.23. The number of nitrogens with one attached hydrogen (secondary N) is 1. The molecule has 2 heterocycles. The third-order valence-corrected chi connectivity index (χ3v) is 6.72. The van der Waals surface area contributed by atoms with Crippen molar-refractivity contribution in [1.82, 2.24) is 4.90 Å². The zero-order chi connectivity index (χ0) is 18.5. The molecular formula is C20H30N4O2S. The van der Waals surface area contributed by atoms with Crippen LogP contribution in [0.4, 0.5) is 5.69 Å². The number of hydrogen-bond donors (Lipinski definition) is 2. The van der Waals surface area contributed by atoms with Crippen LogP contribution in [0.15, 0.2) is 23.2 Å². The minimum Gasteiger partial charge on any atom is -0.490 e. The lowest BCUT2D eigenvalue weighted by molar-refractivity contribution is 0.112. The first-order chi connectivity index (χ1) is 13.3. The van der Waals surface area contributed by atoms with Crippen LogP contribution >= 0.6 is 11.8 Å². The van der Waals surface area contributed by atoms with E-state index < -0.39 is 0 Å². The SMILES string of the molecule is NC(=NCC1(N2CCSCC2)CCCC1)Nc1ccc2c(c1)OCCCO2.